The summed E-state index contributed by atoms with van der Waals surface area (Å²) >= 11 is 6.18. The monoisotopic (exact) mass is 343 g/mol. The van der Waals surface area contributed by atoms with Crippen LogP contribution in [0.4, 0.5) is 5.69 Å². The fourth-order valence-electron chi connectivity index (χ4n) is 2.64. The number of halogens is 1. The molecule has 2 aromatic carbocycles. The summed E-state index contributed by atoms with van der Waals surface area (Å²) in [5.41, 5.74) is 3.25. The Hall–Kier alpha value is -2.46. The van der Waals surface area contributed by atoms with Crippen molar-refractivity contribution in [2.45, 2.75) is 20.4 Å². The summed E-state index contributed by atoms with van der Waals surface area (Å²) in [7, 11) is 0. The van der Waals surface area contributed by atoms with Gasteiger partial charge in [0.2, 0.25) is 5.76 Å². The van der Waals surface area contributed by atoms with Gasteiger partial charge >= 0.3 is 5.97 Å². The quantitative estimate of drug-likeness (QED) is 0.648. The molecule has 3 aromatic rings. The first kappa shape index (κ1) is 16.4. The van der Waals surface area contributed by atoms with E-state index >= 15 is 0 Å². The Morgan fingerprint density at radius 2 is 2.00 bits per heavy atom. The standard InChI is InChI=1S/C19H18ClNO3/c1-3-23-19(22)18-14(11-21-16-10-5-4-9-15(16)20)13-8-6-7-12(2)17(13)24-18/h4-10,21H,3,11H2,1-2H3. The van der Waals surface area contributed by atoms with Gasteiger partial charge in [-0.3, -0.25) is 0 Å². The molecule has 0 amide bonds. The topological polar surface area (TPSA) is 51.5 Å². The molecule has 4 nitrogen and oxygen atoms in total. The van der Waals surface area contributed by atoms with Gasteiger partial charge in [0.05, 0.1) is 17.3 Å². The summed E-state index contributed by atoms with van der Waals surface area (Å²) in [5.74, 6) is -0.218. The van der Waals surface area contributed by atoms with Crippen molar-refractivity contribution >= 4 is 34.2 Å². The minimum absolute atomic E-state index is 0.237. The third kappa shape index (κ3) is 3.10. The third-order valence-electron chi connectivity index (χ3n) is 3.81. The van der Waals surface area contributed by atoms with E-state index in [9.17, 15) is 4.79 Å². The average molecular weight is 344 g/mol. The van der Waals surface area contributed by atoms with Crippen molar-refractivity contribution < 1.29 is 13.9 Å². The van der Waals surface area contributed by atoms with Gasteiger partial charge in [0, 0.05) is 17.5 Å². The maximum absolute atomic E-state index is 12.3. The highest BCUT2D eigenvalue weighted by Crippen LogP contribution is 2.30. The summed E-state index contributed by atoms with van der Waals surface area (Å²) in [6.07, 6.45) is 0. The second-order valence-electron chi connectivity index (χ2n) is 5.42. The lowest BCUT2D eigenvalue weighted by atomic mass is 10.1. The highest BCUT2D eigenvalue weighted by atomic mass is 35.5. The van der Waals surface area contributed by atoms with Gasteiger partial charge in [-0.25, -0.2) is 4.79 Å². The van der Waals surface area contributed by atoms with E-state index in [1.165, 1.54) is 0 Å². The molecule has 0 saturated carbocycles. The van der Waals surface area contributed by atoms with E-state index in [-0.39, 0.29) is 5.76 Å². The van der Waals surface area contributed by atoms with Crippen molar-refractivity contribution in [3.05, 3.63) is 64.4 Å². The van der Waals surface area contributed by atoms with Crippen LogP contribution < -0.4 is 5.32 Å². The molecule has 124 valence electrons. The highest BCUT2D eigenvalue weighted by Gasteiger charge is 2.22. The van der Waals surface area contributed by atoms with Gasteiger partial charge in [0.25, 0.3) is 0 Å². The van der Waals surface area contributed by atoms with E-state index in [0.29, 0.717) is 23.8 Å². The molecule has 0 bridgehead atoms. The maximum atomic E-state index is 12.3. The van der Waals surface area contributed by atoms with Crippen molar-refractivity contribution in [3.63, 3.8) is 0 Å². The third-order valence-corrected chi connectivity index (χ3v) is 4.14. The van der Waals surface area contributed by atoms with Crippen LogP contribution in [0.3, 0.4) is 0 Å². The number of nitrogens with one attached hydrogen (secondary N) is 1. The molecule has 0 fully saturated rings. The summed E-state index contributed by atoms with van der Waals surface area (Å²) < 4.78 is 10.9. The molecular formula is C19H18ClNO3. The molecule has 0 aliphatic carbocycles. The van der Waals surface area contributed by atoms with Gasteiger partial charge < -0.3 is 14.5 Å². The molecule has 1 aromatic heterocycles. The van der Waals surface area contributed by atoms with Gasteiger partial charge in [-0.15, -0.1) is 0 Å². The number of aryl methyl sites for hydroxylation is 1. The Morgan fingerprint density at radius 1 is 1.21 bits per heavy atom. The summed E-state index contributed by atoms with van der Waals surface area (Å²) in [6.45, 7) is 4.43. The largest absolute Gasteiger partial charge is 0.460 e. The Bertz CT molecular complexity index is 885. The summed E-state index contributed by atoms with van der Waals surface area (Å²) in [4.78, 5) is 12.3. The molecule has 0 spiro atoms. The number of para-hydroxylation sites is 2. The molecule has 0 saturated heterocycles. The smallest absolute Gasteiger partial charge is 0.374 e. The number of benzene rings is 2. The number of fused-ring (bicyclic) bond motifs is 1. The number of hydrogen-bond acceptors (Lipinski definition) is 4. The van der Waals surface area contributed by atoms with E-state index in [4.69, 9.17) is 20.8 Å². The lowest BCUT2D eigenvalue weighted by Gasteiger charge is -2.08. The molecule has 24 heavy (non-hydrogen) atoms. The second kappa shape index (κ2) is 6.97. The number of carbonyl (C=O) groups excluding carboxylic acids is 1. The lowest BCUT2D eigenvalue weighted by Crippen LogP contribution is -2.09. The van der Waals surface area contributed by atoms with Gasteiger partial charge in [-0.1, -0.05) is 41.9 Å². The number of hydrogen-bond donors (Lipinski definition) is 1. The first-order valence-corrected chi connectivity index (χ1v) is 8.16. The zero-order chi connectivity index (χ0) is 17.1. The lowest BCUT2D eigenvalue weighted by molar-refractivity contribution is 0.0491. The fourth-order valence-corrected chi connectivity index (χ4v) is 2.84. The van der Waals surface area contributed by atoms with Crippen LogP contribution in [0.2, 0.25) is 5.02 Å². The number of anilines is 1. The van der Waals surface area contributed by atoms with Gasteiger partial charge in [0.1, 0.15) is 5.58 Å². The minimum Gasteiger partial charge on any atom is -0.460 e. The van der Waals surface area contributed by atoms with Crippen LogP contribution in [0.15, 0.2) is 46.9 Å². The number of esters is 1. The van der Waals surface area contributed by atoms with Crippen LogP contribution >= 0.6 is 11.6 Å². The number of carbonyl (C=O) groups is 1. The fraction of sp³-hybridized carbons (Fsp3) is 0.211. The predicted molar refractivity (Wildman–Crippen MR) is 95.7 cm³/mol. The Kier molecular flexibility index (Phi) is 4.76. The molecule has 1 N–H and O–H groups in total. The molecule has 5 heteroatoms. The second-order valence-corrected chi connectivity index (χ2v) is 5.82. The number of furan rings is 1. The first-order chi connectivity index (χ1) is 11.6. The number of ether oxygens (including phenoxy) is 1. The van der Waals surface area contributed by atoms with Crippen molar-refractivity contribution in [3.8, 4) is 0 Å². The van der Waals surface area contributed by atoms with Gasteiger partial charge in [-0.05, 0) is 31.5 Å². The van der Waals surface area contributed by atoms with Crippen LogP contribution in [0.25, 0.3) is 11.0 Å². The van der Waals surface area contributed by atoms with E-state index in [0.717, 1.165) is 22.2 Å². The minimum atomic E-state index is -0.455. The van der Waals surface area contributed by atoms with Crippen molar-refractivity contribution in [2.75, 3.05) is 11.9 Å². The van der Waals surface area contributed by atoms with Gasteiger partial charge in [-0.2, -0.15) is 0 Å². The average Bonchev–Trinajstić information content (AvgIpc) is 2.95. The molecule has 3 rings (SSSR count). The maximum Gasteiger partial charge on any atom is 0.374 e. The summed E-state index contributed by atoms with van der Waals surface area (Å²) in [5, 5.41) is 4.79. The van der Waals surface area contributed by atoms with E-state index in [1.54, 1.807) is 6.92 Å². The van der Waals surface area contributed by atoms with E-state index in [1.807, 2.05) is 49.4 Å². The molecule has 1 heterocycles. The van der Waals surface area contributed by atoms with Crippen LogP contribution in [0.1, 0.15) is 28.6 Å². The molecular weight excluding hydrogens is 326 g/mol. The van der Waals surface area contributed by atoms with E-state index < -0.39 is 5.97 Å². The highest BCUT2D eigenvalue weighted by molar-refractivity contribution is 6.33. The van der Waals surface area contributed by atoms with Crippen LogP contribution in [0, 0.1) is 6.92 Å². The predicted octanol–water partition coefficient (Wildman–Crippen LogP) is 5.18. The molecule has 0 unspecified atom stereocenters. The van der Waals surface area contributed by atoms with Crippen molar-refractivity contribution in [1.29, 1.82) is 0 Å². The zero-order valence-corrected chi connectivity index (χ0v) is 14.3. The summed E-state index contributed by atoms with van der Waals surface area (Å²) in [6, 6.07) is 13.3. The Morgan fingerprint density at radius 3 is 2.75 bits per heavy atom. The van der Waals surface area contributed by atoms with E-state index in [2.05, 4.69) is 5.32 Å². The molecule has 0 atom stereocenters. The molecule has 0 aliphatic rings. The van der Waals surface area contributed by atoms with Crippen molar-refractivity contribution in [1.82, 2.24) is 0 Å². The SMILES string of the molecule is CCOC(=O)c1oc2c(C)cccc2c1CNc1ccccc1Cl. The van der Waals surface area contributed by atoms with Crippen LogP contribution in [-0.2, 0) is 11.3 Å². The Balaban J connectivity index is 2.01. The van der Waals surface area contributed by atoms with Gasteiger partial charge in [0.15, 0.2) is 0 Å². The zero-order valence-electron chi connectivity index (χ0n) is 13.6. The Labute approximate surface area is 145 Å². The molecule has 0 radical (unpaired) electrons. The normalized spacial score (nSPS) is 10.8. The van der Waals surface area contributed by atoms with Crippen LogP contribution in [0.5, 0.6) is 0 Å². The first-order valence-electron chi connectivity index (χ1n) is 7.78. The number of rotatable bonds is 5. The molecule has 0 aliphatic heterocycles. The van der Waals surface area contributed by atoms with Crippen LogP contribution in [-0.4, -0.2) is 12.6 Å². The van der Waals surface area contributed by atoms with Crippen molar-refractivity contribution in [2.24, 2.45) is 0 Å².